The number of aromatic nitrogens is 2. The molecule has 0 atom stereocenters. The molecular weight excluding hydrogens is 370 g/mol. The third kappa shape index (κ3) is 5.43. The molecule has 148 valence electrons. The third-order valence-electron chi connectivity index (χ3n) is 4.22. The lowest BCUT2D eigenvalue weighted by Gasteiger charge is -2.34. The van der Waals surface area contributed by atoms with Crippen molar-refractivity contribution in [2.45, 2.75) is 0 Å². The van der Waals surface area contributed by atoms with Crippen molar-refractivity contribution >= 4 is 23.5 Å². The van der Waals surface area contributed by atoms with Crippen LogP contribution < -0.4 is 15.5 Å². The van der Waals surface area contributed by atoms with Crippen molar-refractivity contribution < 1.29 is 18.4 Å². The Kier molecular flexibility index (Phi) is 6.43. The van der Waals surface area contributed by atoms with Gasteiger partial charge in [-0.2, -0.15) is 0 Å². The molecule has 2 amide bonds. The third-order valence-corrected chi connectivity index (χ3v) is 4.22. The summed E-state index contributed by atoms with van der Waals surface area (Å²) in [4.78, 5) is 36.3. The second-order valence-electron chi connectivity index (χ2n) is 6.27. The van der Waals surface area contributed by atoms with Gasteiger partial charge >= 0.3 is 0 Å². The number of amides is 2. The van der Waals surface area contributed by atoms with Crippen molar-refractivity contribution in [3.63, 3.8) is 0 Å². The number of nitrogens with one attached hydrogen (secondary N) is 2. The minimum absolute atomic E-state index is 0.123. The van der Waals surface area contributed by atoms with E-state index in [1.54, 1.807) is 18.5 Å². The molecule has 0 saturated carbocycles. The summed E-state index contributed by atoms with van der Waals surface area (Å²) in [5, 5.41) is 4.92. The summed E-state index contributed by atoms with van der Waals surface area (Å²) in [5.41, 5.74) is 0.123. The van der Waals surface area contributed by atoms with Crippen molar-refractivity contribution in [2.24, 2.45) is 0 Å². The van der Waals surface area contributed by atoms with Crippen molar-refractivity contribution in [3.8, 4) is 0 Å². The Morgan fingerprint density at radius 2 is 1.71 bits per heavy atom. The summed E-state index contributed by atoms with van der Waals surface area (Å²) < 4.78 is 26.0. The van der Waals surface area contributed by atoms with Gasteiger partial charge in [0.15, 0.2) is 11.6 Å². The SMILES string of the molecule is O=C(CN1CCN(c2ncccn2)CC1)NCC(=O)Nc1ccc(F)c(F)c1. The number of halogens is 2. The van der Waals surface area contributed by atoms with Gasteiger partial charge in [0, 0.05) is 50.3 Å². The molecule has 0 radical (unpaired) electrons. The van der Waals surface area contributed by atoms with Crippen LogP contribution in [0.3, 0.4) is 0 Å². The molecule has 2 N–H and O–H groups in total. The van der Waals surface area contributed by atoms with E-state index in [1.807, 2.05) is 9.80 Å². The monoisotopic (exact) mass is 390 g/mol. The highest BCUT2D eigenvalue weighted by Crippen LogP contribution is 2.13. The molecule has 1 saturated heterocycles. The molecule has 2 aromatic rings. The highest BCUT2D eigenvalue weighted by molar-refractivity contribution is 5.94. The standard InChI is InChI=1S/C18H20F2N6O2/c19-14-3-2-13(10-15(14)20)24-16(27)11-23-17(28)12-25-6-8-26(9-7-25)18-21-4-1-5-22-18/h1-5,10H,6-9,11-12H2,(H,23,28)(H,24,27). The van der Waals surface area contributed by atoms with E-state index in [0.717, 1.165) is 12.1 Å². The fraction of sp³-hybridized carbons (Fsp3) is 0.333. The number of carbonyl (C=O) groups excluding carboxylic acids is 2. The molecule has 8 nitrogen and oxygen atoms in total. The highest BCUT2D eigenvalue weighted by Gasteiger charge is 2.20. The van der Waals surface area contributed by atoms with Gasteiger partial charge in [0.2, 0.25) is 17.8 Å². The largest absolute Gasteiger partial charge is 0.346 e. The number of rotatable bonds is 6. The molecule has 1 aromatic heterocycles. The average molecular weight is 390 g/mol. The van der Waals surface area contributed by atoms with Gasteiger partial charge in [-0.3, -0.25) is 14.5 Å². The van der Waals surface area contributed by atoms with Gasteiger partial charge in [-0.05, 0) is 18.2 Å². The Morgan fingerprint density at radius 1 is 1.00 bits per heavy atom. The summed E-state index contributed by atoms with van der Waals surface area (Å²) in [6.07, 6.45) is 3.38. The van der Waals surface area contributed by atoms with E-state index in [2.05, 4.69) is 20.6 Å². The Labute approximate surface area is 160 Å². The maximum Gasteiger partial charge on any atom is 0.243 e. The molecule has 10 heteroatoms. The summed E-state index contributed by atoms with van der Waals surface area (Å²) >= 11 is 0. The van der Waals surface area contributed by atoms with Crippen LogP contribution in [-0.4, -0.2) is 66.0 Å². The Balaban J connectivity index is 1.37. The van der Waals surface area contributed by atoms with Gasteiger partial charge < -0.3 is 15.5 Å². The predicted octanol–water partition coefficient (Wildman–Crippen LogP) is 0.632. The Hall–Kier alpha value is -3.14. The summed E-state index contributed by atoms with van der Waals surface area (Å²) in [5.74, 6) is -2.19. The van der Waals surface area contributed by atoms with E-state index in [0.29, 0.717) is 32.1 Å². The van der Waals surface area contributed by atoms with Gasteiger partial charge in [0.25, 0.3) is 0 Å². The molecule has 0 unspecified atom stereocenters. The lowest BCUT2D eigenvalue weighted by Crippen LogP contribution is -2.50. The molecule has 3 rings (SSSR count). The van der Waals surface area contributed by atoms with Crippen LogP contribution in [0.2, 0.25) is 0 Å². The second kappa shape index (κ2) is 9.18. The maximum atomic E-state index is 13.1. The molecule has 1 aromatic carbocycles. The first-order valence-electron chi connectivity index (χ1n) is 8.77. The minimum atomic E-state index is -1.05. The second-order valence-corrected chi connectivity index (χ2v) is 6.27. The Morgan fingerprint density at radius 3 is 2.39 bits per heavy atom. The van der Waals surface area contributed by atoms with E-state index < -0.39 is 17.5 Å². The normalized spacial score (nSPS) is 14.6. The topological polar surface area (TPSA) is 90.5 Å². The van der Waals surface area contributed by atoms with E-state index in [9.17, 15) is 18.4 Å². The van der Waals surface area contributed by atoms with Crippen LogP contribution in [0.4, 0.5) is 20.4 Å². The number of hydrogen-bond donors (Lipinski definition) is 2. The first-order chi connectivity index (χ1) is 13.5. The quantitative estimate of drug-likeness (QED) is 0.752. The van der Waals surface area contributed by atoms with Crippen molar-refractivity contribution in [2.75, 3.05) is 49.5 Å². The van der Waals surface area contributed by atoms with Crippen molar-refractivity contribution in [3.05, 3.63) is 48.3 Å². The zero-order chi connectivity index (χ0) is 19.9. The minimum Gasteiger partial charge on any atom is -0.346 e. The maximum absolute atomic E-state index is 13.1. The smallest absolute Gasteiger partial charge is 0.243 e. The van der Waals surface area contributed by atoms with Gasteiger partial charge in [-0.25, -0.2) is 18.7 Å². The van der Waals surface area contributed by atoms with Gasteiger partial charge in [-0.1, -0.05) is 0 Å². The van der Waals surface area contributed by atoms with Crippen LogP contribution >= 0.6 is 0 Å². The number of benzene rings is 1. The molecule has 0 aliphatic carbocycles. The highest BCUT2D eigenvalue weighted by atomic mass is 19.2. The number of piperazine rings is 1. The fourth-order valence-electron chi connectivity index (χ4n) is 2.78. The van der Waals surface area contributed by atoms with Crippen LogP contribution in [0.1, 0.15) is 0 Å². The number of anilines is 2. The van der Waals surface area contributed by atoms with E-state index in [1.165, 1.54) is 6.07 Å². The number of nitrogens with zero attached hydrogens (tertiary/aromatic N) is 4. The van der Waals surface area contributed by atoms with E-state index >= 15 is 0 Å². The summed E-state index contributed by atoms with van der Waals surface area (Å²) in [6.45, 7) is 2.67. The lowest BCUT2D eigenvalue weighted by molar-refractivity contribution is -0.125. The Bertz CT molecular complexity index is 828. The molecule has 1 aliphatic heterocycles. The number of hydrogen-bond acceptors (Lipinski definition) is 6. The van der Waals surface area contributed by atoms with Crippen LogP contribution in [0.15, 0.2) is 36.7 Å². The molecule has 0 spiro atoms. The van der Waals surface area contributed by atoms with Gasteiger partial charge in [0.1, 0.15) is 0 Å². The summed E-state index contributed by atoms with van der Waals surface area (Å²) in [7, 11) is 0. The molecule has 28 heavy (non-hydrogen) atoms. The van der Waals surface area contributed by atoms with Gasteiger partial charge in [-0.15, -0.1) is 0 Å². The average Bonchev–Trinajstić information content (AvgIpc) is 2.70. The lowest BCUT2D eigenvalue weighted by atomic mass is 10.3. The molecular formula is C18H20F2N6O2. The molecule has 1 aliphatic rings. The van der Waals surface area contributed by atoms with Crippen molar-refractivity contribution in [1.29, 1.82) is 0 Å². The van der Waals surface area contributed by atoms with E-state index in [4.69, 9.17) is 0 Å². The van der Waals surface area contributed by atoms with Gasteiger partial charge in [0.05, 0.1) is 13.1 Å². The summed E-state index contributed by atoms with van der Waals surface area (Å²) in [6, 6.07) is 4.80. The van der Waals surface area contributed by atoms with Crippen LogP contribution in [-0.2, 0) is 9.59 Å². The first kappa shape index (κ1) is 19.6. The van der Waals surface area contributed by atoms with Crippen LogP contribution in [0, 0.1) is 11.6 Å². The zero-order valence-electron chi connectivity index (χ0n) is 15.1. The number of carbonyl (C=O) groups is 2. The molecule has 2 heterocycles. The predicted molar refractivity (Wildman–Crippen MR) is 98.7 cm³/mol. The van der Waals surface area contributed by atoms with Crippen LogP contribution in [0.25, 0.3) is 0 Å². The van der Waals surface area contributed by atoms with E-state index in [-0.39, 0.29) is 24.7 Å². The first-order valence-corrected chi connectivity index (χ1v) is 8.77. The van der Waals surface area contributed by atoms with Crippen molar-refractivity contribution in [1.82, 2.24) is 20.2 Å². The fourth-order valence-corrected chi connectivity index (χ4v) is 2.78. The zero-order valence-corrected chi connectivity index (χ0v) is 15.1. The molecule has 0 bridgehead atoms. The molecule has 1 fully saturated rings. The van der Waals surface area contributed by atoms with Crippen LogP contribution in [0.5, 0.6) is 0 Å².